The molecule has 0 amide bonds. The fourth-order valence-electron chi connectivity index (χ4n) is 14.8. The van der Waals surface area contributed by atoms with Crippen molar-refractivity contribution in [1.29, 1.82) is 0 Å². The molecule has 0 atom stereocenters. The summed E-state index contributed by atoms with van der Waals surface area (Å²) >= 11 is 1.81. The molecule has 0 bridgehead atoms. The maximum Gasteiger partial charge on any atom is 0.340 e. The summed E-state index contributed by atoms with van der Waals surface area (Å²) in [6.07, 6.45) is 29.7. The number of nitrogens with zero attached hydrogens (tertiary/aromatic N) is 18. The quantitative estimate of drug-likeness (QED) is 0.153. The Labute approximate surface area is 531 Å². The second-order valence-electron chi connectivity index (χ2n) is 23.5. The van der Waals surface area contributed by atoms with Gasteiger partial charge in [-0.3, -0.25) is 58.1 Å². The van der Waals surface area contributed by atoms with Gasteiger partial charge < -0.3 is 4.42 Å². The number of aryl methyl sites for hydroxylation is 4. The van der Waals surface area contributed by atoms with Gasteiger partial charge in [-0.1, -0.05) is 47.7 Å². The van der Waals surface area contributed by atoms with Crippen LogP contribution in [0.2, 0.25) is 0 Å². The predicted octanol–water partition coefficient (Wildman–Crippen LogP) is 11.0. The van der Waals surface area contributed by atoms with E-state index in [1.54, 1.807) is 24.8 Å². The van der Waals surface area contributed by atoms with Crippen LogP contribution in [0.15, 0.2) is 213 Å². The molecule has 20 heteroatoms. The topological polar surface area (TPSA) is 161 Å². The molecule has 0 spiro atoms. The van der Waals surface area contributed by atoms with Crippen LogP contribution >= 0.6 is 11.3 Å². The number of para-hydroxylation sites is 2. The predicted molar refractivity (Wildman–Crippen MR) is 352 cm³/mol. The largest absolute Gasteiger partial charge is 0.417 e. The first kappa shape index (κ1) is 49.0. The standard InChI is InChI=1S/C20H13N4O.C20H13N4S.2C16H14N5/c2*1-2-4-14(5-3-1)24-18-16-7-9-22-11-17(16)25-20(18)23-12-13-10-21-8-6-15(13)19(23)24;2*1-19-13-8-18-6-4-12(13)14-16(19)21-9-10-7-17-5-3-11(10)15(21)20(14)2/h2*1-11H,12H2;2*3-8H,9H2,1-2H3/q4*+1/i;;1D3;. The van der Waals surface area contributed by atoms with Crippen molar-refractivity contribution in [3.8, 4) is 56.9 Å². The van der Waals surface area contributed by atoms with Crippen molar-refractivity contribution in [1.82, 2.24) is 67.3 Å². The number of thiophene rings is 1. The molecular formula is C72H54N18OS+4. The van der Waals surface area contributed by atoms with E-state index in [1.807, 2.05) is 117 Å². The van der Waals surface area contributed by atoms with Gasteiger partial charge in [-0.15, -0.1) is 0 Å². The Bertz CT molecular complexity index is 6020. The third kappa shape index (κ3) is 7.30. The van der Waals surface area contributed by atoms with Crippen LogP contribution in [0.25, 0.3) is 144 Å². The van der Waals surface area contributed by atoms with E-state index in [1.165, 1.54) is 97.8 Å². The molecule has 16 aromatic heterocycles. The van der Waals surface area contributed by atoms with Crippen LogP contribution in [0.3, 0.4) is 0 Å². The molecule has 20 heterocycles. The molecule has 92 heavy (non-hydrogen) atoms. The van der Waals surface area contributed by atoms with E-state index < -0.39 is 6.98 Å². The number of hydrogen-bond donors (Lipinski definition) is 0. The molecule has 18 aromatic rings. The van der Waals surface area contributed by atoms with Gasteiger partial charge in [-0.25, -0.2) is 13.7 Å². The van der Waals surface area contributed by atoms with E-state index in [-0.39, 0.29) is 0 Å². The highest BCUT2D eigenvalue weighted by atomic mass is 32.1. The highest BCUT2D eigenvalue weighted by Gasteiger charge is 2.41. The summed E-state index contributed by atoms with van der Waals surface area (Å²) < 4.78 is 53.3. The van der Waals surface area contributed by atoms with Crippen molar-refractivity contribution in [2.75, 3.05) is 0 Å². The van der Waals surface area contributed by atoms with Crippen LogP contribution in [0, 0.1) is 0 Å². The first-order valence-corrected chi connectivity index (χ1v) is 31.0. The molecule has 0 radical (unpaired) electrons. The SMILES string of the molecule is Cn1c2[n+](c3c1c1ccncc1n3C)Cc1cnccc1-2.[2H]C([2H])([2H])n1c2cnccc2c2c1[n+]1c(n2C)-c2ccncc2C1.c1ccc(-n2c3[n+](c4oc5cnccc5c42)Cc2cnccc2-3)cc1.c1ccc(-n2c3[n+](c4sc5cnccc5c42)Cc2cnccc2-3)cc1. The van der Waals surface area contributed by atoms with Crippen LogP contribution in [0.1, 0.15) is 26.4 Å². The molecule has 0 unspecified atom stereocenters. The average Bonchev–Trinajstić information content (AvgIpc) is 1.56. The summed E-state index contributed by atoms with van der Waals surface area (Å²) in [6, 6.07) is 37.4. The molecule has 22 rings (SSSR count). The molecule has 0 saturated heterocycles. The Balaban J connectivity index is 0.0000000898. The average molecular weight is 1220 g/mol. The lowest BCUT2D eigenvalue weighted by Crippen LogP contribution is -2.33. The molecule has 0 aliphatic carbocycles. The third-order valence-electron chi connectivity index (χ3n) is 18.7. The minimum absolute atomic E-state index is 0.621. The number of pyridine rings is 8. The van der Waals surface area contributed by atoms with E-state index in [0.29, 0.717) is 17.7 Å². The number of benzene rings is 2. The summed E-state index contributed by atoms with van der Waals surface area (Å²) in [7, 11) is 6.23. The molecule has 0 N–H and O–H groups in total. The number of furan rings is 1. The first-order chi connectivity index (χ1) is 46.6. The van der Waals surface area contributed by atoms with E-state index in [9.17, 15) is 0 Å². The Morgan fingerprint density at radius 3 is 1.37 bits per heavy atom. The Morgan fingerprint density at radius 2 is 0.815 bits per heavy atom. The molecule has 19 nitrogen and oxygen atoms in total. The van der Waals surface area contributed by atoms with Crippen LogP contribution in [0.4, 0.5) is 0 Å². The monoisotopic (exact) mass is 1220 g/mol. The summed E-state index contributed by atoms with van der Waals surface area (Å²) in [5.41, 5.74) is 22.0. The van der Waals surface area contributed by atoms with E-state index in [0.717, 1.165) is 81.2 Å². The Morgan fingerprint density at radius 1 is 0.391 bits per heavy atom. The van der Waals surface area contributed by atoms with Gasteiger partial charge in [-0.2, -0.15) is 13.7 Å². The van der Waals surface area contributed by atoms with Gasteiger partial charge in [0.1, 0.15) is 35.5 Å². The molecule has 4 aliphatic heterocycles. The summed E-state index contributed by atoms with van der Waals surface area (Å²) in [5, 5.41) is 4.49. The van der Waals surface area contributed by atoms with E-state index in [4.69, 9.17) is 8.53 Å². The van der Waals surface area contributed by atoms with Crippen molar-refractivity contribution < 1.29 is 26.8 Å². The minimum atomic E-state index is -2.28. The third-order valence-corrected chi connectivity index (χ3v) is 19.8. The molecule has 4 aliphatic rings. The molecule has 440 valence electrons. The number of aromatic nitrogens is 18. The number of imidazole rings is 4. The number of fused-ring (bicyclic) bond motifs is 28. The van der Waals surface area contributed by atoms with Crippen molar-refractivity contribution in [2.24, 2.45) is 28.1 Å². The number of rotatable bonds is 2. The van der Waals surface area contributed by atoms with Crippen molar-refractivity contribution in [3.63, 3.8) is 0 Å². The van der Waals surface area contributed by atoms with Gasteiger partial charge in [0.25, 0.3) is 22.9 Å². The lowest BCUT2D eigenvalue weighted by molar-refractivity contribution is -0.652. The maximum atomic E-state index is 8.02. The van der Waals surface area contributed by atoms with Crippen LogP contribution in [-0.2, 0) is 54.3 Å². The number of hydrogen-bond acceptors (Lipinski definition) is 10. The highest BCUT2D eigenvalue weighted by molar-refractivity contribution is 7.25. The van der Waals surface area contributed by atoms with Gasteiger partial charge in [0, 0.05) is 108 Å². The fourth-order valence-corrected chi connectivity index (χ4v) is 16.0. The van der Waals surface area contributed by atoms with Crippen LogP contribution in [0.5, 0.6) is 0 Å². The summed E-state index contributed by atoms with van der Waals surface area (Å²) in [5.74, 6) is 4.64. The smallest absolute Gasteiger partial charge is 0.340 e. The van der Waals surface area contributed by atoms with Crippen molar-refractivity contribution in [3.05, 3.63) is 231 Å². The summed E-state index contributed by atoms with van der Waals surface area (Å²) in [4.78, 5) is 35.2. The molecule has 2 aromatic carbocycles. The van der Waals surface area contributed by atoms with E-state index >= 15 is 0 Å². The van der Waals surface area contributed by atoms with Gasteiger partial charge in [0.05, 0.1) is 107 Å². The second kappa shape index (κ2) is 19.8. The molecular weight excluding hydrogens is 1160 g/mol. The first-order valence-electron chi connectivity index (χ1n) is 31.7. The van der Waals surface area contributed by atoms with Gasteiger partial charge >= 0.3 is 5.71 Å². The second-order valence-corrected chi connectivity index (χ2v) is 24.5. The van der Waals surface area contributed by atoms with Crippen molar-refractivity contribution >= 4 is 98.1 Å². The Kier molecular flexibility index (Phi) is 10.6. The fraction of sp³-hybridized carbons (Fsp3) is 0.111. The van der Waals surface area contributed by atoms with E-state index in [2.05, 4.69) is 180 Å². The zero-order valence-corrected chi connectivity index (χ0v) is 50.6. The van der Waals surface area contributed by atoms with Crippen LogP contribution < -0.4 is 18.3 Å². The minimum Gasteiger partial charge on any atom is -0.417 e. The molecule has 0 fully saturated rings. The lowest BCUT2D eigenvalue weighted by Gasteiger charge is -2.01. The normalized spacial score (nSPS) is 13.4. The van der Waals surface area contributed by atoms with Crippen molar-refractivity contribution in [2.45, 2.75) is 26.2 Å². The maximum absolute atomic E-state index is 8.02. The zero-order valence-electron chi connectivity index (χ0n) is 52.8. The molecule has 0 saturated carbocycles. The lowest BCUT2D eigenvalue weighted by atomic mass is 10.1. The van der Waals surface area contributed by atoms with Crippen LogP contribution in [-0.4, -0.2) is 67.3 Å². The van der Waals surface area contributed by atoms with Gasteiger partial charge in [0.15, 0.2) is 22.1 Å². The Hall–Kier alpha value is -11.9. The zero-order chi connectivity index (χ0) is 63.5. The van der Waals surface area contributed by atoms with Gasteiger partial charge in [-0.05, 0) is 72.8 Å². The summed E-state index contributed by atoms with van der Waals surface area (Å²) in [6.45, 7) is 0.860. The highest BCUT2D eigenvalue weighted by Crippen LogP contribution is 2.42. The van der Waals surface area contributed by atoms with Gasteiger partial charge in [0.2, 0.25) is 22.0 Å².